The zero-order valence-electron chi connectivity index (χ0n) is 10.5. The minimum atomic E-state index is -4.33. The van der Waals surface area contributed by atoms with Gasteiger partial charge in [-0.05, 0) is 45.8 Å². The van der Waals surface area contributed by atoms with Crippen molar-refractivity contribution in [2.24, 2.45) is 5.73 Å². The molecular weight excluding hydrogens is 368 g/mol. The Morgan fingerprint density at radius 3 is 2.67 bits per heavy atom. The summed E-state index contributed by atoms with van der Waals surface area (Å²) in [5.74, 6) is -2.78. The molecule has 0 saturated heterocycles. The fourth-order valence-corrected chi connectivity index (χ4v) is 3.23. The number of rotatable bonds is 4. The number of halogens is 3. The third-order valence-corrected chi connectivity index (χ3v) is 4.55. The lowest BCUT2D eigenvalue weighted by Gasteiger charge is -2.11. The summed E-state index contributed by atoms with van der Waals surface area (Å²) >= 11 is 3.11. The molecule has 112 valence electrons. The normalized spacial score (nSPS) is 11.4. The average Bonchev–Trinajstić information content (AvgIpc) is 2.43. The first-order valence-corrected chi connectivity index (χ1v) is 7.94. The largest absolute Gasteiger partial charge is 0.326 e. The first kappa shape index (κ1) is 15.8. The predicted molar refractivity (Wildman–Crippen MR) is 77.0 cm³/mol. The lowest BCUT2D eigenvalue weighted by Crippen LogP contribution is -2.17. The summed E-state index contributed by atoms with van der Waals surface area (Å²) in [6.45, 7) is -0.118. The van der Waals surface area contributed by atoms with Crippen molar-refractivity contribution in [3.63, 3.8) is 0 Å². The highest BCUT2D eigenvalue weighted by Gasteiger charge is 2.24. The zero-order chi connectivity index (χ0) is 15.6. The second-order valence-corrected chi connectivity index (χ2v) is 6.54. The molecule has 1 aromatic carbocycles. The summed E-state index contributed by atoms with van der Waals surface area (Å²) in [5.41, 5.74) is 5.49. The van der Waals surface area contributed by atoms with E-state index in [9.17, 15) is 17.2 Å². The molecular formula is C12H10BrF2N3O2S. The summed E-state index contributed by atoms with van der Waals surface area (Å²) in [4.78, 5) is 2.99. The Bertz CT molecular complexity index is 784. The van der Waals surface area contributed by atoms with Gasteiger partial charge >= 0.3 is 0 Å². The standard InChI is InChI=1S/C12H10BrF2N3O2S/c13-8-2-1-3-17-12(8)18-21(19,20)10-5-7(6-16)4-9(14)11(10)15/h1-5H,6,16H2,(H,17,18). The number of pyridine rings is 1. The first-order valence-electron chi connectivity index (χ1n) is 5.66. The van der Waals surface area contributed by atoms with E-state index in [-0.39, 0.29) is 17.9 Å². The highest BCUT2D eigenvalue weighted by atomic mass is 79.9. The summed E-state index contributed by atoms with van der Waals surface area (Å²) in [6, 6.07) is 4.97. The van der Waals surface area contributed by atoms with Gasteiger partial charge in [0.05, 0.1) is 4.47 Å². The molecule has 0 aliphatic heterocycles. The van der Waals surface area contributed by atoms with Gasteiger partial charge in [-0.2, -0.15) is 0 Å². The molecule has 0 atom stereocenters. The first-order chi connectivity index (χ1) is 9.85. The molecule has 3 N–H and O–H groups in total. The highest BCUT2D eigenvalue weighted by Crippen LogP contribution is 2.25. The van der Waals surface area contributed by atoms with Gasteiger partial charge in [-0.1, -0.05) is 0 Å². The summed E-state index contributed by atoms with van der Waals surface area (Å²) in [5, 5.41) is 0. The van der Waals surface area contributed by atoms with Gasteiger partial charge in [0.25, 0.3) is 10.0 Å². The van der Waals surface area contributed by atoms with Crippen molar-refractivity contribution in [2.45, 2.75) is 11.4 Å². The van der Waals surface area contributed by atoms with Crippen LogP contribution in [-0.4, -0.2) is 13.4 Å². The quantitative estimate of drug-likeness (QED) is 0.856. The number of aromatic nitrogens is 1. The van der Waals surface area contributed by atoms with Crippen LogP contribution in [0, 0.1) is 11.6 Å². The highest BCUT2D eigenvalue weighted by molar-refractivity contribution is 9.10. The van der Waals surface area contributed by atoms with Gasteiger partial charge in [-0.15, -0.1) is 0 Å². The molecule has 0 aliphatic carbocycles. The van der Waals surface area contributed by atoms with Gasteiger partial charge in [0, 0.05) is 12.7 Å². The van der Waals surface area contributed by atoms with Crippen molar-refractivity contribution < 1.29 is 17.2 Å². The smallest absolute Gasteiger partial charge is 0.266 e. The molecule has 2 aromatic rings. The van der Waals surface area contributed by atoms with Crippen LogP contribution in [0.15, 0.2) is 39.8 Å². The number of hydrogen-bond acceptors (Lipinski definition) is 4. The molecule has 1 aromatic heterocycles. The number of benzene rings is 1. The van der Waals surface area contributed by atoms with E-state index in [1.54, 1.807) is 12.1 Å². The second kappa shape index (κ2) is 6.04. The van der Waals surface area contributed by atoms with Crippen molar-refractivity contribution in [1.29, 1.82) is 0 Å². The van der Waals surface area contributed by atoms with Crippen LogP contribution in [-0.2, 0) is 16.6 Å². The maximum atomic E-state index is 13.7. The van der Waals surface area contributed by atoms with Gasteiger partial charge in [0.15, 0.2) is 17.5 Å². The van der Waals surface area contributed by atoms with Gasteiger partial charge in [0.1, 0.15) is 4.90 Å². The van der Waals surface area contributed by atoms with E-state index in [0.717, 1.165) is 12.1 Å². The van der Waals surface area contributed by atoms with E-state index in [0.29, 0.717) is 4.47 Å². The Kier molecular flexibility index (Phi) is 4.55. The molecule has 5 nitrogen and oxygen atoms in total. The SMILES string of the molecule is NCc1cc(F)c(F)c(S(=O)(=O)Nc2ncccc2Br)c1. The molecule has 0 fully saturated rings. The molecule has 1 heterocycles. The van der Waals surface area contributed by atoms with E-state index in [4.69, 9.17) is 5.73 Å². The van der Waals surface area contributed by atoms with Gasteiger partial charge in [-0.3, -0.25) is 4.72 Å². The molecule has 21 heavy (non-hydrogen) atoms. The van der Waals surface area contributed by atoms with Crippen molar-refractivity contribution in [3.05, 3.63) is 52.1 Å². The van der Waals surface area contributed by atoms with Gasteiger partial charge in [-0.25, -0.2) is 22.2 Å². The molecule has 0 saturated carbocycles. The number of hydrogen-bond donors (Lipinski definition) is 2. The minimum absolute atomic E-state index is 0.0320. The fraction of sp³-hybridized carbons (Fsp3) is 0.0833. The van der Waals surface area contributed by atoms with E-state index in [2.05, 4.69) is 25.6 Å². The zero-order valence-corrected chi connectivity index (χ0v) is 12.9. The van der Waals surface area contributed by atoms with Crippen LogP contribution in [0.5, 0.6) is 0 Å². The molecule has 0 radical (unpaired) electrons. The fourth-order valence-electron chi connectivity index (χ4n) is 1.57. The van der Waals surface area contributed by atoms with Crippen molar-refractivity contribution in [1.82, 2.24) is 4.98 Å². The van der Waals surface area contributed by atoms with Crippen LogP contribution in [0.4, 0.5) is 14.6 Å². The van der Waals surface area contributed by atoms with Gasteiger partial charge in [0.2, 0.25) is 0 Å². The Hall–Kier alpha value is -1.58. The maximum Gasteiger partial charge on any atom is 0.266 e. The van der Waals surface area contributed by atoms with Crippen molar-refractivity contribution in [3.8, 4) is 0 Å². The lowest BCUT2D eigenvalue weighted by atomic mass is 10.2. The molecule has 0 aliphatic rings. The van der Waals surface area contributed by atoms with Crippen LogP contribution in [0.1, 0.15) is 5.56 Å². The lowest BCUT2D eigenvalue weighted by molar-refractivity contribution is 0.483. The van der Waals surface area contributed by atoms with E-state index < -0.39 is 26.6 Å². The summed E-state index contributed by atoms with van der Waals surface area (Å²) in [7, 11) is -4.33. The number of anilines is 1. The Labute approximate surface area is 128 Å². The number of nitrogens with two attached hydrogens (primary N) is 1. The van der Waals surface area contributed by atoms with E-state index >= 15 is 0 Å². The summed E-state index contributed by atoms with van der Waals surface area (Å²) in [6.07, 6.45) is 1.36. The van der Waals surface area contributed by atoms with Crippen LogP contribution in [0.25, 0.3) is 0 Å². The number of sulfonamides is 1. The topological polar surface area (TPSA) is 85.1 Å². The molecule has 9 heteroatoms. The average molecular weight is 378 g/mol. The predicted octanol–water partition coefficient (Wildman–Crippen LogP) is 2.38. The van der Waals surface area contributed by atoms with Crippen LogP contribution in [0.2, 0.25) is 0 Å². The summed E-state index contributed by atoms with van der Waals surface area (Å²) < 4.78 is 54.0. The molecule has 0 spiro atoms. The Balaban J connectivity index is 2.50. The number of nitrogens with one attached hydrogen (secondary N) is 1. The van der Waals surface area contributed by atoms with Crippen LogP contribution >= 0.6 is 15.9 Å². The van der Waals surface area contributed by atoms with E-state index in [1.807, 2.05) is 0 Å². The molecule has 2 rings (SSSR count). The molecule has 0 amide bonds. The maximum absolute atomic E-state index is 13.7. The second-order valence-electron chi connectivity index (χ2n) is 4.03. The van der Waals surface area contributed by atoms with Crippen molar-refractivity contribution >= 4 is 31.8 Å². The van der Waals surface area contributed by atoms with Crippen molar-refractivity contribution in [2.75, 3.05) is 4.72 Å². The molecule has 0 unspecified atom stereocenters. The monoisotopic (exact) mass is 377 g/mol. The van der Waals surface area contributed by atoms with E-state index in [1.165, 1.54) is 6.20 Å². The minimum Gasteiger partial charge on any atom is -0.326 e. The molecule has 0 bridgehead atoms. The Morgan fingerprint density at radius 2 is 2.05 bits per heavy atom. The van der Waals surface area contributed by atoms with Crippen LogP contribution in [0.3, 0.4) is 0 Å². The third-order valence-electron chi connectivity index (χ3n) is 2.57. The number of nitrogens with zero attached hydrogens (tertiary/aromatic N) is 1. The van der Waals surface area contributed by atoms with Crippen LogP contribution < -0.4 is 10.5 Å². The third kappa shape index (κ3) is 3.36. The van der Waals surface area contributed by atoms with Gasteiger partial charge < -0.3 is 5.73 Å². The Morgan fingerprint density at radius 1 is 1.33 bits per heavy atom.